The van der Waals surface area contributed by atoms with Gasteiger partial charge in [-0.1, -0.05) is 13.3 Å². The van der Waals surface area contributed by atoms with E-state index in [1.807, 2.05) is 6.20 Å². The summed E-state index contributed by atoms with van der Waals surface area (Å²) in [4.78, 5) is 6.99. The van der Waals surface area contributed by atoms with E-state index in [2.05, 4.69) is 51.0 Å². The van der Waals surface area contributed by atoms with E-state index in [4.69, 9.17) is 0 Å². The van der Waals surface area contributed by atoms with Crippen LogP contribution in [0, 0.1) is 6.92 Å². The van der Waals surface area contributed by atoms with Gasteiger partial charge in [0.15, 0.2) is 0 Å². The monoisotopic (exact) mass is 325 g/mol. The number of aromatic nitrogens is 1. The van der Waals surface area contributed by atoms with E-state index in [-0.39, 0.29) is 0 Å². The number of anilines is 1. The molecule has 0 aliphatic carbocycles. The van der Waals surface area contributed by atoms with Gasteiger partial charge in [0.25, 0.3) is 0 Å². The van der Waals surface area contributed by atoms with Gasteiger partial charge in [-0.15, -0.1) is 0 Å². The quantitative estimate of drug-likeness (QED) is 0.897. The smallest absolute Gasteiger partial charge is 0.143 e. The van der Waals surface area contributed by atoms with Crippen LogP contribution in [0.1, 0.15) is 38.2 Å². The third kappa shape index (κ3) is 3.93. The fourth-order valence-electron chi connectivity index (χ4n) is 2.65. The SMILES string of the molecule is CCCN(CC1CCCCN1)c1nccc(C)c1Br. The number of hydrogen-bond donors (Lipinski definition) is 1. The molecule has 0 bridgehead atoms. The van der Waals surface area contributed by atoms with Crippen molar-refractivity contribution in [2.24, 2.45) is 0 Å². The third-order valence-electron chi connectivity index (χ3n) is 3.71. The molecule has 1 aliphatic rings. The van der Waals surface area contributed by atoms with Crippen molar-refractivity contribution in [3.05, 3.63) is 22.3 Å². The number of pyridine rings is 1. The van der Waals surface area contributed by atoms with Gasteiger partial charge in [0.2, 0.25) is 0 Å². The maximum Gasteiger partial charge on any atom is 0.143 e. The number of rotatable bonds is 5. The Morgan fingerprint density at radius 2 is 2.32 bits per heavy atom. The standard InChI is InChI=1S/C15H24BrN3/c1-3-10-19(11-13-6-4-5-8-17-13)15-14(16)12(2)7-9-18-15/h7,9,13,17H,3-6,8,10-11H2,1-2H3. The molecule has 4 heteroatoms. The van der Waals surface area contributed by atoms with Gasteiger partial charge in [0.05, 0.1) is 4.47 Å². The second-order valence-electron chi connectivity index (χ2n) is 5.36. The lowest BCUT2D eigenvalue weighted by atomic mass is 10.0. The number of piperidine rings is 1. The molecule has 0 aromatic carbocycles. The first-order valence-corrected chi connectivity index (χ1v) is 8.11. The zero-order chi connectivity index (χ0) is 13.7. The fraction of sp³-hybridized carbons (Fsp3) is 0.667. The lowest BCUT2D eigenvalue weighted by Gasteiger charge is -2.32. The van der Waals surface area contributed by atoms with E-state index in [1.54, 1.807) is 0 Å². The molecule has 2 rings (SSSR count). The Labute approximate surface area is 124 Å². The summed E-state index contributed by atoms with van der Waals surface area (Å²) < 4.78 is 1.14. The van der Waals surface area contributed by atoms with Crippen molar-refractivity contribution in [3.8, 4) is 0 Å². The summed E-state index contributed by atoms with van der Waals surface area (Å²) in [5.41, 5.74) is 1.25. The van der Waals surface area contributed by atoms with E-state index >= 15 is 0 Å². The average molecular weight is 326 g/mol. The molecule has 1 aliphatic heterocycles. The Hall–Kier alpha value is -0.610. The summed E-state index contributed by atoms with van der Waals surface area (Å²) in [6.45, 7) is 7.63. The molecule has 106 valence electrons. The zero-order valence-corrected chi connectivity index (χ0v) is 13.5. The minimum Gasteiger partial charge on any atom is -0.354 e. The molecule has 3 nitrogen and oxygen atoms in total. The summed E-state index contributed by atoms with van der Waals surface area (Å²) in [6, 6.07) is 2.66. The van der Waals surface area contributed by atoms with Crippen molar-refractivity contribution in [3.63, 3.8) is 0 Å². The molecule has 1 N–H and O–H groups in total. The molecular weight excluding hydrogens is 302 g/mol. The number of nitrogens with one attached hydrogen (secondary N) is 1. The summed E-state index contributed by atoms with van der Waals surface area (Å²) in [7, 11) is 0. The van der Waals surface area contributed by atoms with Crippen LogP contribution >= 0.6 is 15.9 Å². The third-order valence-corrected chi connectivity index (χ3v) is 4.69. The van der Waals surface area contributed by atoms with E-state index in [1.165, 1.54) is 24.8 Å². The fourth-order valence-corrected chi connectivity index (χ4v) is 3.13. The van der Waals surface area contributed by atoms with Gasteiger partial charge in [-0.05, 0) is 60.3 Å². The first kappa shape index (κ1) is 14.8. The van der Waals surface area contributed by atoms with Crippen molar-refractivity contribution in [2.45, 2.75) is 45.6 Å². The molecule has 2 heterocycles. The Bertz CT molecular complexity index is 402. The van der Waals surface area contributed by atoms with Gasteiger partial charge in [-0.3, -0.25) is 0 Å². The molecule has 0 saturated carbocycles. The van der Waals surface area contributed by atoms with Crippen molar-refractivity contribution in [1.82, 2.24) is 10.3 Å². The van der Waals surface area contributed by atoms with Crippen LogP contribution in [0.15, 0.2) is 16.7 Å². The zero-order valence-electron chi connectivity index (χ0n) is 12.0. The Balaban J connectivity index is 2.11. The molecule has 1 aromatic heterocycles. The van der Waals surface area contributed by atoms with E-state index in [0.717, 1.165) is 36.3 Å². The molecule has 1 unspecified atom stereocenters. The summed E-state index contributed by atoms with van der Waals surface area (Å²) in [6.07, 6.45) is 7.00. The van der Waals surface area contributed by atoms with Crippen LogP contribution < -0.4 is 10.2 Å². The van der Waals surface area contributed by atoms with Crippen molar-refractivity contribution in [2.75, 3.05) is 24.5 Å². The maximum absolute atomic E-state index is 4.57. The molecule has 0 radical (unpaired) electrons. The van der Waals surface area contributed by atoms with Crippen LogP contribution in [0.2, 0.25) is 0 Å². The summed E-state index contributed by atoms with van der Waals surface area (Å²) in [5.74, 6) is 1.09. The van der Waals surface area contributed by atoms with E-state index in [9.17, 15) is 0 Å². The van der Waals surface area contributed by atoms with E-state index in [0.29, 0.717) is 6.04 Å². The summed E-state index contributed by atoms with van der Waals surface area (Å²) in [5, 5.41) is 3.63. The minimum absolute atomic E-state index is 0.606. The van der Waals surface area contributed by atoms with Gasteiger partial charge in [0, 0.05) is 25.3 Å². The van der Waals surface area contributed by atoms with Crippen molar-refractivity contribution < 1.29 is 0 Å². The predicted molar refractivity (Wildman–Crippen MR) is 84.8 cm³/mol. The molecule has 1 aromatic rings. The summed E-state index contributed by atoms with van der Waals surface area (Å²) >= 11 is 3.69. The molecule has 19 heavy (non-hydrogen) atoms. The number of aryl methyl sites for hydroxylation is 1. The molecule has 0 amide bonds. The minimum atomic E-state index is 0.606. The van der Waals surface area contributed by atoms with Crippen LogP contribution in [-0.4, -0.2) is 30.7 Å². The van der Waals surface area contributed by atoms with Gasteiger partial charge >= 0.3 is 0 Å². The molecule has 0 spiro atoms. The van der Waals surface area contributed by atoms with Gasteiger partial charge in [0.1, 0.15) is 5.82 Å². The second-order valence-corrected chi connectivity index (χ2v) is 6.15. The van der Waals surface area contributed by atoms with Crippen LogP contribution in [0.4, 0.5) is 5.82 Å². The second kappa shape index (κ2) is 7.25. The number of halogens is 1. The van der Waals surface area contributed by atoms with Crippen LogP contribution in [0.3, 0.4) is 0 Å². The average Bonchev–Trinajstić information content (AvgIpc) is 2.43. The molecule has 1 fully saturated rings. The Morgan fingerprint density at radius 3 is 3.00 bits per heavy atom. The highest BCUT2D eigenvalue weighted by Crippen LogP contribution is 2.27. The lowest BCUT2D eigenvalue weighted by Crippen LogP contribution is -2.44. The van der Waals surface area contributed by atoms with Crippen LogP contribution in [0.25, 0.3) is 0 Å². The van der Waals surface area contributed by atoms with Crippen LogP contribution in [-0.2, 0) is 0 Å². The number of hydrogen-bond acceptors (Lipinski definition) is 3. The first-order valence-electron chi connectivity index (χ1n) is 7.31. The first-order chi connectivity index (χ1) is 9.22. The van der Waals surface area contributed by atoms with Gasteiger partial charge < -0.3 is 10.2 Å². The predicted octanol–water partition coefficient (Wildman–Crippen LogP) is 3.51. The highest BCUT2D eigenvalue weighted by atomic mass is 79.9. The number of nitrogens with zero attached hydrogens (tertiary/aromatic N) is 2. The van der Waals surface area contributed by atoms with Gasteiger partial charge in [-0.25, -0.2) is 4.98 Å². The molecule has 1 atom stereocenters. The van der Waals surface area contributed by atoms with Crippen molar-refractivity contribution in [1.29, 1.82) is 0 Å². The highest BCUT2D eigenvalue weighted by Gasteiger charge is 2.19. The lowest BCUT2D eigenvalue weighted by molar-refractivity contribution is 0.398. The maximum atomic E-state index is 4.57. The molecular formula is C15H24BrN3. The van der Waals surface area contributed by atoms with Crippen molar-refractivity contribution >= 4 is 21.7 Å². The Kier molecular flexibility index (Phi) is 5.64. The van der Waals surface area contributed by atoms with Crippen LogP contribution in [0.5, 0.6) is 0 Å². The van der Waals surface area contributed by atoms with E-state index < -0.39 is 0 Å². The topological polar surface area (TPSA) is 28.2 Å². The normalized spacial score (nSPS) is 19.4. The molecule has 1 saturated heterocycles. The highest BCUT2D eigenvalue weighted by molar-refractivity contribution is 9.10. The largest absolute Gasteiger partial charge is 0.354 e. The Morgan fingerprint density at radius 1 is 1.47 bits per heavy atom. The van der Waals surface area contributed by atoms with Gasteiger partial charge in [-0.2, -0.15) is 0 Å².